The first-order valence-corrected chi connectivity index (χ1v) is 19.5. The Bertz CT molecular complexity index is 2060. The van der Waals surface area contributed by atoms with E-state index in [-0.39, 0.29) is 23.2 Å². The van der Waals surface area contributed by atoms with Crippen molar-refractivity contribution in [3.05, 3.63) is 120 Å². The molecule has 0 bridgehead atoms. The topological polar surface area (TPSA) is 51.6 Å². The maximum Gasteiger partial charge on any atom is 0.178 e. The van der Waals surface area contributed by atoms with E-state index < -0.39 is 0 Å². The maximum absolute atomic E-state index is 5.30. The fourth-order valence-corrected chi connectivity index (χ4v) is 10.1. The summed E-state index contributed by atoms with van der Waals surface area (Å²) in [7, 11) is 0. The molecule has 0 spiro atoms. The molecule has 8 rings (SSSR count). The molecule has 52 heavy (non-hydrogen) atoms. The van der Waals surface area contributed by atoms with Gasteiger partial charge in [-0.05, 0) is 107 Å². The summed E-state index contributed by atoms with van der Waals surface area (Å²) in [6.45, 7) is 16.4. The summed E-state index contributed by atoms with van der Waals surface area (Å²) in [5.41, 5.74) is 8.53. The summed E-state index contributed by atoms with van der Waals surface area (Å²) in [6, 6.07) is 33.7. The number of hydrogen-bond acceptors (Lipinski definition) is 7. The van der Waals surface area contributed by atoms with Crippen molar-refractivity contribution in [2.45, 2.75) is 111 Å². The van der Waals surface area contributed by atoms with Gasteiger partial charge in [-0.15, -0.1) is 0 Å². The van der Waals surface area contributed by atoms with Gasteiger partial charge in [-0.25, -0.2) is 15.0 Å². The lowest BCUT2D eigenvalue weighted by Crippen LogP contribution is -2.63. The van der Waals surface area contributed by atoms with Gasteiger partial charge >= 0.3 is 0 Å². The second-order valence-corrected chi connectivity index (χ2v) is 15.4. The molecular weight excluding hydrogens is 639 g/mol. The van der Waals surface area contributed by atoms with Gasteiger partial charge in [-0.2, -0.15) is 0 Å². The van der Waals surface area contributed by atoms with Crippen LogP contribution in [0.15, 0.2) is 103 Å². The van der Waals surface area contributed by atoms with E-state index in [1.54, 1.807) is 0 Å². The van der Waals surface area contributed by atoms with Gasteiger partial charge < -0.3 is 19.6 Å². The Kier molecular flexibility index (Phi) is 8.71. The van der Waals surface area contributed by atoms with Crippen molar-refractivity contribution in [2.75, 3.05) is 19.6 Å². The van der Waals surface area contributed by atoms with Gasteiger partial charge in [0, 0.05) is 40.1 Å². The Balaban J connectivity index is 1.20. The fraction of sp³-hybridized carbons (Fsp3) is 0.400. The smallest absolute Gasteiger partial charge is 0.178 e. The van der Waals surface area contributed by atoms with Crippen molar-refractivity contribution in [1.29, 1.82) is 0 Å². The molecule has 0 saturated heterocycles. The normalized spacial score (nSPS) is 23.2. The molecule has 0 N–H and O–H groups in total. The highest BCUT2D eigenvalue weighted by Gasteiger charge is 2.62. The monoisotopic (exact) mass is 691 g/mol. The number of hydrogen-bond donors (Lipinski definition) is 0. The number of benzene rings is 3. The molecule has 0 saturated carbocycles. The molecule has 3 aliphatic heterocycles. The largest absolute Gasteiger partial charge is 0.346 e. The van der Waals surface area contributed by atoms with E-state index in [1.807, 2.05) is 12.4 Å². The number of aryl methyl sites for hydroxylation is 2. The van der Waals surface area contributed by atoms with Crippen LogP contribution in [-0.4, -0.2) is 33.3 Å². The van der Waals surface area contributed by atoms with E-state index in [0.29, 0.717) is 6.04 Å². The molecule has 5 heterocycles. The van der Waals surface area contributed by atoms with E-state index in [2.05, 4.69) is 159 Å². The van der Waals surface area contributed by atoms with Crippen molar-refractivity contribution in [1.82, 2.24) is 15.0 Å². The number of aromatic nitrogens is 3. The Morgan fingerprint density at radius 3 is 2.15 bits per heavy atom. The van der Waals surface area contributed by atoms with E-state index in [0.717, 1.165) is 61.7 Å². The fourth-order valence-electron chi connectivity index (χ4n) is 10.1. The number of fused-ring (bicyclic) bond motifs is 6. The highest BCUT2D eigenvalue weighted by Crippen LogP contribution is 2.65. The second kappa shape index (κ2) is 13.3. The van der Waals surface area contributed by atoms with Gasteiger partial charge in [0.05, 0.1) is 17.6 Å². The minimum atomic E-state index is -0.135. The van der Waals surface area contributed by atoms with Crippen LogP contribution in [-0.2, 0) is 18.3 Å². The van der Waals surface area contributed by atoms with Gasteiger partial charge in [0.2, 0.25) is 0 Å². The van der Waals surface area contributed by atoms with E-state index in [1.165, 1.54) is 33.9 Å². The lowest BCUT2D eigenvalue weighted by atomic mass is 9.52. The minimum absolute atomic E-state index is 0.0270. The van der Waals surface area contributed by atoms with Gasteiger partial charge in [-0.3, -0.25) is 0 Å². The number of nitrogens with zero attached hydrogens (tertiary/aromatic N) is 7. The van der Waals surface area contributed by atoms with Crippen molar-refractivity contribution in [3.63, 3.8) is 0 Å². The molecule has 7 nitrogen and oxygen atoms in total. The van der Waals surface area contributed by atoms with Crippen molar-refractivity contribution in [2.24, 2.45) is 5.41 Å². The van der Waals surface area contributed by atoms with Crippen LogP contribution < -0.4 is 19.6 Å². The molecule has 7 heteroatoms. The van der Waals surface area contributed by atoms with Crippen molar-refractivity contribution in [3.8, 4) is 0 Å². The summed E-state index contributed by atoms with van der Waals surface area (Å²) in [5.74, 6) is 2.98. The first-order valence-electron chi connectivity index (χ1n) is 19.5. The van der Waals surface area contributed by atoms with Crippen LogP contribution in [0.4, 0.5) is 40.2 Å². The molecule has 0 aliphatic carbocycles. The zero-order chi connectivity index (χ0) is 36.2. The first kappa shape index (κ1) is 34.2. The average Bonchev–Trinajstić information content (AvgIpc) is 3.68. The van der Waals surface area contributed by atoms with Crippen LogP contribution in [0.25, 0.3) is 0 Å². The van der Waals surface area contributed by atoms with Crippen LogP contribution in [0, 0.1) is 5.41 Å². The first-order chi connectivity index (χ1) is 25.3. The van der Waals surface area contributed by atoms with Crippen molar-refractivity contribution < 1.29 is 0 Å². The number of para-hydroxylation sites is 3. The highest BCUT2D eigenvalue weighted by atomic mass is 15.5. The van der Waals surface area contributed by atoms with Gasteiger partial charge in [0.25, 0.3) is 0 Å². The quantitative estimate of drug-likeness (QED) is 0.144. The summed E-state index contributed by atoms with van der Waals surface area (Å²) in [4.78, 5) is 25.4. The molecule has 3 aromatic carbocycles. The van der Waals surface area contributed by atoms with E-state index >= 15 is 0 Å². The summed E-state index contributed by atoms with van der Waals surface area (Å²) in [6.07, 6.45) is 10.2. The van der Waals surface area contributed by atoms with Crippen LogP contribution in [0.5, 0.6) is 0 Å². The Morgan fingerprint density at radius 1 is 0.712 bits per heavy atom. The zero-order valence-corrected chi connectivity index (χ0v) is 31.9. The molecule has 5 aromatic rings. The lowest BCUT2D eigenvalue weighted by Gasteiger charge is -2.60. The standard InChI is InChI=1S/C45H53N7/c1-8-34-30-47-41-42(48-34)51(35-22-12-11-13-23-35)43-44(7,9-2)45(10-3,36-24-15-17-26-38(36)52(41)43)28-18-21-33-20-14-16-25-37(33)50-32(6)49(31(4)5)39-27-19-29-46-40(39)50/h11-17,19-20,22-27,29-32,43H,8-10,18,21,28H2,1-7H3. The molecule has 3 aliphatic rings. The van der Waals surface area contributed by atoms with Crippen LogP contribution in [0.2, 0.25) is 0 Å². The molecule has 4 atom stereocenters. The van der Waals surface area contributed by atoms with Gasteiger partial charge in [-0.1, -0.05) is 82.3 Å². The zero-order valence-electron chi connectivity index (χ0n) is 31.9. The molecule has 0 fully saturated rings. The Hall–Kier alpha value is -4.91. The van der Waals surface area contributed by atoms with Crippen LogP contribution in [0.3, 0.4) is 0 Å². The third-order valence-corrected chi connectivity index (χ3v) is 12.7. The molecular formula is C45H53N7. The third kappa shape index (κ3) is 4.95. The predicted octanol–water partition coefficient (Wildman–Crippen LogP) is 10.9. The number of pyridine rings is 1. The molecule has 0 amide bonds. The highest BCUT2D eigenvalue weighted by molar-refractivity contribution is 5.87. The number of rotatable bonds is 10. The Morgan fingerprint density at radius 2 is 1.42 bits per heavy atom. The SMILES string of the molecule is CCc1cnc2c(n1)N(c1ccccc1)C1N2c2ccccc2C(CC)(CCCc2ccccc2N2c3ncccc3N(C(C)C)C2C)C1(C)CC. The minimum Gasteiger partial charge on any atom is -0.346 e. The van der Waals surface area contributed by atoms with Crippen LogP contribution in [0.1, 0.15) is 91.0 Å². The third-order valence-electron chi connectivity index (χ3n) is 12.7. The van der Waals surface area contributed by atoms with Gasteiger partial charge in [0.15, 0.2) is 17.5 Å². The van der Waals surface area contributed by atoms with Crippen LogP contribution >= 0.6 is 0 Å². The van der Waals surface area contributed by atoms with E-state index in [9.17, 15) is 0 Å². The molecule has 0 radical (unpaired) electrons. The molecule has 2 aromatic heterocycles. The predicted molar refractivity (Wildman–Crippen MR) is 216 cm³/mol. The average molecular weight is 692 g/mol. The molecule has 268 valence electrons. The van der Waals surface area contributed by atoms with Crippen molar-refractivity contribution >= 4 is 40.2 Å². The Labute approximate surface area is 310 Å². The number of anilines is 7. The van der Waals surface area contributed by atoms with Gasteiger partial charge in [0.1, 0.15) is 12.3 Å². The van der Waals surface area contributed by atoms with E-state index in [4.69, 9.17) is 15.0 Å². The summed E-state index contributed by atoms with van der Waals surface area (Å²) >= 11 is 0. The molecule has 4 unspecified atom stereocenters. The lowest BCUT2D eigenvalue weighted by molar-refractivity contribution is 0.0711. The summed E-state index contributed by atoms with van der Waals surface area (Å²) in [5, 5.41) is 0. The maximum atomic E-state index is 5.30. The summed E-state index contributed by atoms with van der Waals surface area (Å²) < 4.78 is 0. The second-order valence-electron chi connectivity index (χ2n) is 15.4.